The number of rotatable bonds is 4. The highest BCUT2D eigenvalue weighted by atomic mass is 35.5. The van der Waals surface area contributed by atoms with Crippen LogP contribution in [0.2, 0.25) is 5.02 Å². The van der Waals surface area contributed by atoms with Crippen LogP contribution in [-0.2, 0) is 19.9 Å². The van der Waals surface area contributed by atoms with Gasteiger partial charge in [-0.3, -0.25) is 0 Å². The van der Waals surface area contributed by atoms with Gasteiger partial charge < -0.3 is 5.32 Å². The van der Waals surface area contributed by atoms with Crippen molar-refractivity contribution in [1.29, 1.82) is 0 Å². The number of hydrogen-bond donors (Lipinski definition) is 1. The Morgan fingerprint density at radius 1 is 1.29 bits per heavy atom. The molecule has 1 unspecified atom stereocenters. The third kappa shape index (κ3) is 3.40. The molecule has 0 spiro atoms. The standard InChI is InChI=1S/C12H17ClN2O4S2/c1-15(9-5-6-14-8-9)21(18,19)12-7-10(20(2,16)17)3-4-11(12)13/h3-4,7,9,14H,5-6,8H2,1-2H3. The number of benzene rings is 1. The summed E-state index contributed by atoms with van der Waals surface area (Å²) in [5, 5.41) is 3.11. The Balaban J connectivity index is 2.48. The average Bonchev–Trinajstić information content (AvgIpc) is 2.90. The lowest BCUT2D eigenvalue weighted by Crippen LogP contribution is -2.38. The minimum Gasteiger partial charge on any atom is -0.315 e. The molecular weight excluding hydrogens is 336 g/mol. The minimum absolute atomic E-state index is 0.0141. The van der Waals surface area contributed by atoms with Gasteiger partial charge in [0.2, 0.25) is 10.0 Å². The molecule has 118 valence electrons. The molecule has 2 rings (SSSR count). The van der Waals surface area contributed by atoms with Gasteiger partial charge in [0.25, 0.3) is 0 Å². The molecule has 21 heavy (non-hydrogen) atoms. The Bertz CT molecular complexity index is 741. The first-order valence-corrected chi connectivity index (χ1v) is 10.0. The van der Waals surface area contributed by atoms with E-state index in [2.05, 4.69) is 5.32 Å². The van der Waals surface area contributed by atoms with Crippen molar-refractivity contribution in [2.24, 2.45) is 0 Å². The summed E-state index contributed by atoms with van der Waals surface area (Å²) in [6.07, 6.45) is 1.73. The zero-order chi connectivity index (χ0) is 15.8. The van der Waals surface area contributed by atoms with Gasteiger partial charge in [0.15, 0.2) is 9.84 Å². The summed E-state index contributed by atoms with van der Waals surface area (Å²) in [6, 6.07) is 3.55. The molecule has 9 heteroatoms. The summed E-state index contributed by atoms with van der Waals surface area (Å²) in [7, 11) is -5.86. The van der Waals surface area contributed by atoms with Crippen LogP contribution in [0.4, 0.5) is 0 Å². The molecule has 0 aromatic heterocycles. The van der Waals surface area contributed by atoms with E-state index in [-0.39, 0.29) is 20.9 Å². The van der Waals surface area contributed by atoms with Gasteiger partial charge in [0.1, 0.15) is 4.90 Å². The average molecular weight is 353 g/mol. The summed E-state index contributed by atoms with van der Waals surface area (Å²) < 4.78 is 49.7. The van der Waals surface area contributed by atoms with Gasteiger partial charge in [-0.05, 0) is 31.2 Å². The second kappa shape index (κ2) is 5.85. The van der Waals surface area contributed by atoms with E-state index in [4.69, 9.17) is 11.6 Å². The quantitative estimate of drug-likeness (QED) is 0.863. The molecule has 1 saturated heterocycles. The van der Waals surface area contributed by atoms with Crippen molar-refractivity contribution in [3.8, 4) is 0 Å². The monoisotopic (exact) mass is 352 g/mol. The van der Waals surface area contributed by atoms with Crippen LogP contribution in [0.5, 0.6) is 0 Å². The molecule has 1 aromatic rings. The van der Waals surface area contributed by atoms with Gasteiger partial charge in [-0.15, -0.1) is 0 Å². The van der Waals surface area contributed by atoms with Gasteiger partial charge in [0.05, 0.1) is 9.92 Å². The third-order valence-corrected chi connectivity index (χ3v) is 7.04. The molecule has 0 aliphatic carbocycles. The summed E-state index contributed by atoms with van der Waals surface area (Å²) >= 11 is 5.97. The van der Waals surface area contributed by atoms with Crippen LogP contribution in [0.1, 0.15) is 6.42 Å². The number of nitrogens with one attached hydrogen (secondary N) is 1. The molecule has 1 atom stereocenters. The topological polar surface area (TPSA) is 83.6 Å². The molecular formula is C12H17ClN2O4S2. The lowest BCUT2D eigenvalue weighted by molar-refractivity contribution is 0.387. The maximum absolute atomic E-state index is 12.6. The van der Waals surface area contributed by atoms with Crippen LogP contribution < -0.4 is 5.32 Å². The van der Waals surface area contributed by atoms with Crippen molar-refractivity contribution in [3.05, 3.63) is 23.2 Å². The normalized spacial score (nSPS) is 20.1. The van der Waals surface area contributed by atoms with Crippen LogP contribution in [0.15, 0.2) is 28.0 Å². The Morgan fingerprint density at radius 2 is 1.95 bits per heavy atom. The van der Waals surface area contributed by atoms with Crippen LogP contribution in [0.25, 0.3) is 0 Å². The molecule has 6 nitrogen and oxygen atoms in total. The molecule has 0 amide bonds. The number of nitrogens with zero attached hydrogens (tertiary/aromatic N) is 1. The number of hydrogen-bond acceptors (Lipinski definition) is 5. The van der Waals surface area contributed by atoms with Gasteiger partial charge >= 0.3 is 0 Å². The summed E-state index contributed by atoms with van der Waals surface area (Å²) in [6.45, 7) is 1.32. The van der Waals surface area contributed by atoms with E-state index in [0.717, 1.165) is 18.9 Å². The van der Waals surface area contributed by atoms with Crippen molar-refractivity contribution < 1.29 is 16.8 Å². The van der Waals surface area contributed by atoms with Crippen molar-refractivity contribution in [2.45, 2.75) is 22.3 Å². The molecule has 1 aliphatic rings. The van der Waals surface area contributed by atoms with Gasteiger partial charge in [-0.25, -0.2) is 16.8 Å². The zero-order valence-electron chi connectivity index (χ0n) is 11.7. The lowest BCUT2D eigenvalue weighted by atomic mass is 10.3. The second-order valence-electron chi connectivity index (χ2n) is 5.03. The molecule has 0 radical (unpaired) electrons. The molecule has 1 N–H and O–H groups in total. The summed E-state index contributed by atoms with van der Waals surface area (Å²) in [4.78, 5) is -0.245. The van der Waals surface area contributed by atoms with E-state index in [1.165, 1.54) is 23.5 Å². The number of halogens is 1. The predicted molar refractivity (Wildman–Crippen MR) is 80.8 cm³/mol. The highest BCUT2D eigenvalue weighted by molar-refractivity contribution is 7.91. The van der Waals surface area contributed by atoms with Crippen molar-refractivity contribution in [3.63, 3.8) is 0 Å². The minimum atomic E-state index is -3.84. The Kier molecular flexibility index (Phi) is 4.65. The fourth-order valence-corrected chi connectivity index (χ4v) is 4.82. The Hall–Kier alpha value is -0.670. The molecule has 1 aliphatic heterocycles. The highest BCUT2D eigenvalue weighted by Crippen LogP contribution is 2.28. The maximum Gasteiger partial charge on any atom is 0.244 e. The number of likely N-dealkylation sites (N-methyl/N-ethyl adjacent to an activating group) is 1. The van der Waals surface area contributed by atoms with Crippen LogP contribution >= 0.6 is 11.6 Å². The van der Waals surface area contributed by atoms with Gasteiger partial charge in [-0.2, -0.15) is 4.31 Å². The highest BCUT2D eigenvalue weighted by Gasteiger charge is 2.32. The van der Waals surface area contributed by atoms with Crippen LogP contribution in [0.3, 0.4) is 0 Å². The van der Waals surface area contributed by atoms with E-state index in [1.54, 1.807) is 0 Å². The van der Waals surface area contributed by atoms with Crippen molar-refractivity contribution in [1.82, 2.24) is 9.62 Å². The van der Waals surface area contributed by atoms with E-state index < -0.39 is 19.9 Å². The van der Waals surface area contributed by atoms with Gasteiger partial charge in [0, 0.05) is 25.9 Å². The lowest BCUT2D eigenvalue weighted by Gasteiger charge is -2.23. The fourth-order valence-electron chi connectivity index (χ4n) is 2.21. The summed E-state index contributed by atoms with van der Waals surface area (Å²) in [5.74, 6) is 0. The van der Waals surface area contributed by atoms with E-state index in [9.17, 15) is 16.8 Å². The largest absolute Gasteiger partial charge is 0.315 e. The van der Waals surface area contributed by atoms with Crippen molar-refractivity contribution >= 4 is 31.5 Å². The van der Waals surface area contributed by atoms with Crippen LogP contribution in [0, 0.1) is 0 Å². The van der Waals surface area contributed by atoms with Gasteiger partial charge in [-0.1, -0.05) is 11.6 Å². The Morgan fingerprint density at radius 3 is 2.48 bits per heavy atom. The maximum atomic E-state index is 12.6. The first-order chi connectivity index (χ1) is 9.64. The fraction of sp³-hybridized carbons (Fsp3) is 0.500. The van der Waals surface area contributed by atoms with E-state index in [0.29, 0.717) is 13.0 Å². The molecule has 1 aromatic carbocycles. The number of sulfone groups is 1. The summed E-state index contributed by atoms with van der Waals surface area (Å²) in [5.41, 5.74) is 0. The molecule has 1 heterocycles. The number of sulfonamides is 1. The van der Waals surface area contributed by atoms with Crippen molar-refractivity contribution in [2.75, 3.05) is 26.4 Å². The smallest absolute Gasteiger partial charge is 0.244 e. The molecule has 0 saturated carbocycles. The van der Waals surface area contributed by atoms with E-state index >= 15 is 0 Å². The third-order valence-electron chi connectivity index (χ3n) is 3.54. The van der Waals surface area contributed by atoms with E-state index in [1.807, 2.05) is 0 Å². The zero-order valence-corrected chi connectivity index (χ0v) is 14.1. The second-order valence-corrected chi connectivity index (χ2v) is 9.42. The Labute approximate surface area is 130 Å². The molecule has 0 bridgehead atoms. The van der Waals surface area contributed by atoms with Crippen LogP contribution in [-0.4, -0.2) is 53.6 Å². The first-order valence-electron chi connectivity index (χ1n) is 6.32. The SMILES string of the molecule is CN(C1CCNC1)S(=O)(=O)c1cc(S(C)(=O)=O)ccc1Cl. The predicted octanol–water partition coefficient (Wildman–Crippen LogP) is 0.726. The molecule has 1 fully saturated rings. The first kappa shape index (κ1) is 16.7.